The molecule has 0 saturated heterocycles. The van der Waals surface area contributed by atoms with Crippen molar-refractivity contribution in [3.05, 3.63) is 56.4 Å². The molecule has 0 amide bonds. The van der Waals surface area contributed by atoms with E-state index in [9.17, 15) is 0 Å². The minimum Gasteiger partial charge on any atom is -0.337 e. The summed E-state index contributed by atoms with van der Waals surface area (Å²) in [6, 6.07) is 16.2. The van der Waals surface area contributed by atoms with Gasteiger partial charge in [-0.25, -0.2) is 0 Å². The third-order valence-corrected chi connectivity index (χ3v) is 5.08. The summed E-state index contributed by atoms with van der Waals surface area (Å²) in [6.45, 7) is 0. The molecule has 0 spiro atoms. The third kappa shape index (κ3) is 5.68. The van der Waals surface area contributed by atoms with E-state index in [1.54, 1.807) is 22.7 Å². The third-order valence-electron chi connectivity index (χ3n) is 2.65. The Morgan fingerprint density at radius 1 is 0.682 bits per heavy atom. The first-order chi connectivity index (χ1) is 9.72. The summed E-state index contributed by atoms with van der Waals surface area (Å²) in [5.41, 5.74) is 2.27. The SMILES string of the molecule is S=c1[nH]c2ccccc2s1.S=c1[nH]c2ccccc2s1.[K].[Na]. The van der Waals surface area contributed by atoms with Gasteiger partial charge in [0.2, 0.25) is 0 Å². The molecule has 22 heavy (non-hydrogen) atoms. The molecule has 0 unspecified atom stereocenters. The summed E-state index contributed by atoms with van der Waals surface area (Å²) in [5, 5.41) is 0. The van der Waals surface area contributed by atoms with E-state index < -0.39 is 0 Å². The number of H-pyrrole nitrogens is 2. The van der Waals surface area contributed by atoms with Gasteiger partial charge in [-0.15, -0.1) is 22.7 Å². The second-order valence-electron chi connectivity index (χ2n) is 4.02. The van der Waals surface area contributed by atoms with Gasteiger partial charge in [0.05, 0.1) is 20.4 Å². The van der Waals surface area contributed by atoms with Crippen molar-refractivity contribution in [2.24, 2.45) is 0 Å². The van der Waals surface area contributed by atoms with Crippen LogP contribution in [-0.2, 0) is 0 Å². The van der Waals surface area contributed by atoms with Gasteiger partial charge >= 0.3 is 0 Å². The van der Waals surface area contributed by atoms with E-state index in [4.69, 9.17) is 24.4 Å². The van der Waals surface area contributed by atoms with Gasteiger partial charge in [0.25, 0.3) is 0 Å². The molecule has 2 N–H and O–H groups in total. The zero-order valence-corrected chi connectivity index (χ0v) is 20.6. The fourth-order valence-electron chi connectivity index (χ4n) is 1.79. The molecule has 8 heteroatoms. The van der Waals surface area contributed by atoms with Crippen molar-refractivity contribution in [3.8, 4) is 0 Å². The predicted molar refractivity (Wildman–Crippen MR) is 106 cm³/mol. The molecule has 2 heterocycles. The average Bonchev–Trinajstić information content (AvgIpc) is 2.99. The van der Waals surface area contributed by atoms with Crippen LogP contribution in [0.4, 0.5) is 0 Å². The molecular formula is C14H10KN2NaS4. The Kier molecular flexibility index (Phi) is 10.0. The van der Waals surface area contributed by atoms with Crippen molar-refractivity contribution in [1.29, 1.82) is 0 Å². The molecule has 2 radical (unpaired) electrons. The van der Waals surface area contributed by atoms with Crippen LogP contribution in [0.25, 0.3) is 20.4 Å². The Labute approximate surface area is 211 Å². The van der Waals surface area contributed by atoms with Gasteiger partial charge in [-0.2, -0.15) is 0 Å². The van der Waals surface area contributed by atoms with E-state index >= 15 is 0 Å². The minimum atomic E-state index is 0. The molecule has 0 aliphatic rings. The number of benzene rings is 2. The second kappa shape index (κ2) is 10.3. The maximum absolute atomic E-state index is 4.98. The van der Waals surface area contributed by atoms with Crippen LogP contribution < -0.4 is 0 Å². The number of fused-ring (bicyclic) bond motifs is 2. The second-order valence-corrected chi connectivity index (χ2v) is 7.46. The van der Waals surface area contributed by atoms with E-state index in [2.05, 4.69) is 22.1 Å². The zero-order valence-electron chi connectivity index (χ0n) is 12.3. The van der Waals surface area contributed by atoms with Crippen molar-refractivity contribution < 1.29 is 0 Å². The molecule has 2 aromatic heterocycles. The molecule has 0 bridgehead atoms. The monoisotopic (exact) mass is 396 g/mol. The van der Waals surface area contributed by atoms with Crippen LogP contribution in [0.5, 0.6) is 0 Å². The fourth-order valence-corrected chi connectivity index (χ4v) is 4.02. The van der Waals surface area contributed by atoms with Crippen LogP contribution in [0.2, 0.25) is 0 Å². The number of aromatic nitrogens is 2. The first kappa shape index (κ1) is 21.3. The van der Waals surface area contributed by atoms with Crippen LogP contribution in [-0.4, -0.2) is 90.9 Å². The van der Waals surface area contributed by atoms with Gasteiger partial charge in [-0.3, -0.25) is 0 Å². The maximum Gasteiger partial charge on any atom is 0.159 e. The number of rotatable bonds is 0. The average molecular weight is 397 g/mol. The van der Waals surface area contributed by atoms with Gasteiger partial charge in [0.15, 0.2) is 7.91 Å². The molecule has 0 saturated carbocycles. The van der Waals surface area contributed by atoms with Crippen LogP contribution >= 0.6 is 47.1 Å². The molecule has 2 aromatic carbocycles. The van der Waals surface area contributed by atoms with Crippen molar-refractivity contribution in [2.45, 2.75) is 0 Å². The number of hydrogen-bond acceptors (Lipinski definition) is 4. The van der Waals surface area contributed by atoms with E-state index in [-0.39, 0.29) is 80.9 Å². The fraction of sp³-hybridized carbons (Fsp3) is 0. The summed E-state index contributed by atoms with van der Waals surface area (Å²) in [5.74, 6) is 0. The predicted octanol–water partition coefficient (Wildman–Crippen LogP) is 5.16. The zero-order chi connectivity index (χ0) is 13.9. The Morgan fingerprint density at radius 2 is 1.05 bits per heavy atom. The first-order valence-corrected chi connectivity index (χ1v) is 8.33. The van der Waals surface area contributed by atoms with Gasteiger partial charge in [-0.05, 0) is 48.7 Å². The van der Waals surface area contributed by atoms with Crippen LogP contribution in [0.3, 0.4) is 0 Å². The number of hydrogen-bond donors (Lipinski definition) is 2. The van der Waals surface area contributed by atoms with Gasteiger partial charge in [0.1, 0.15) is 0 Å². The van der Waals surface area contributed by atoms with Gasteiger partial charge in [0, 0.05) is 80.9 Å². The molecule has 0 aliphatic carbocycles. The number of para-hydroxylation sites is 2. The molecule has 2 nitrogen and oxygen atoms in total. The summed E-state index contributed by atoms with van der Waals surface area (Å²) < 4.78 is 4.16. The number of aromatic amines is 2. The van der Waals surface area contributed by atoms with Gasteiger partial charge in [-0.1, -0.05) is 24.3 Å². The Balaban J connectivity index is 0.000000202. The van der Waals surface area contributed by atoms with Crippen molar-refractivity contribution >= 4 is 148 Å². The van der Waals surface area contributed by atoms with Crippen LogP contribution in [0.1, 0.15) is 0 Å². The van der Waals surface area contributed by atoms with E-state index in [0.717, 1.165) is 18.9 Å². The smallest absolute Gasteiger partial charge is 0.159 e. The topological polar surface area (TPSA) is 31.6 Å². The minimum absolute atomic E-state index is 0. The van der Waals surface area contributed by atoms with E-state index in [0.29, 0.717) is 0 Å². The summed E-state index contributed by atoms with van der Waals surface area (Å²) in [7, 11) is 0. The maximum atomic E-state index is 4.98. The summed E-state index contributed by atoms with van der Waals surface area (Å²) >= 11 is 13.2. The molecule has 0 atom stereocenters. The molecular weight excluding hydrogens is 387 g/mol. The molecule has 4 rings (SSSR count). The Hall–Kier alpha value is 1.30. The van der Waals surface area contributed by atoms with Crippen molar-refractivity contribution in [2.75, 3.05) is 0 Å². The summed E-state index contributed by atoms with van der Waals surface area (Å²) in [6.07, 6.45) is 0. The van der Waals surface area contributed by atoms with Crippen LogP contribution in [0, 0.1) is 7.91 Å². The largest absolute Gasteiger partial charge is 0.337 e. The van der Waals surface area contributed by atoms with E-state index in [1.165, 1.54) is 9.40 Å². The molecule has 0 aliphatic heterocycles. The van der Waals surface area contributed by atoms with Gasteiger partial charge < -0.3 is 9.97 Å². The molecule has 102 valence electrons. The standard InChI is InChI=1S/2C7H5NS2.K.Na/c2*9-7-8-5-3-1-2-4-6(5)10-7;;/h2*1-4H,(H,8,9);;. The Morgan fingerprint density at radius 3 is 1.41 bits per heavy atom. The molecule has 0 fully saturated rings. The van der Waals surface area contributed by atoms with Crippen molar-refractivity contribution in [1.82, 2.24) is 9.97 Å². The quantitative estimate of drug-likeness (QED) is 0.318. The van der Waals surface area contributed by atoms with E-state index in [1.807, 2.05) is 36.4 Å². The Bertz CT molecular complexity index is 817. The first-order valence-electron chi connectivity index (χ1n) is 5.88. The normalized spacial score (nSPS) is 9.45. The van der Waals surface area contributed by atoms with Crippen molar-refractivity contribution in [3.63, 3.8) is 0 Å². The number of thiazole rings is 2. The summed E-state index contributed by atoms with van der Waals surface area (Å²) in [4.78, 5) is 6.18. The number of nitrogens with one attached hydrogen (secondary N) is 2. The van der Waals surface area contributed by atoms with Crippen LogP contribution in [0.15, 0.2) is 48.5 Å². The molecule has 4 aromatic rings.